The van der Waals surface area contributed by atoms with Gasteiger partial charge in [-0.15, -0.1) is 0 Å². The fourth-order valence-corrected chi connectivity index (χ4v) is 2.77. The summed E-state index contributed by atoms with van der Waals surface area (Å²) in [6, 6.07) is 11.8. The lowest BCUT2D eigenvalue weighted by Crippen LogP contribution is -2.19. The minimum atomic E-state index is -4.53. The van der Waals surface area contributed by atoms with E-state index in [0.29, 0.717) is 23.6 Å². The predicted octanol–water partition coefficient (Wildman–Crippen LogP) is 4.15. The quantitative estimate of drug-likeness (QED) is 0.728. The number of benzene rings is 2. The molecule has 3 aromatic rings. The molecule has 0 amide bonds. The van der Waals surface area contributed by atoms with Crippen molar-refractivity contribution in [3.8, 4) is 17.0 Å². The number of nitrogens with one attached hydrogen (secondary N) is 1. The largest absolute Gasteiger partial charge is 0.492 e. The molecule has 7 heteroatoms. The molecule has 0 bridgehead atoms. The predicted molar refractivity (Wildman–Crippen MR) is 99.1 cm³/mol. The van der Waals surface area contributed by atoms with Crippen LogP contribution in [0.4, 0.5) is 13.2 Å². The Labute approximate surface area is 154 Å². The Bertz CT molecular complexity index is 993. The van der Waals surface area contributed by atoms with Crippen molar-refractivity contribution in [1.29, 1.82) is 0 Å². The number of H-pyrrole nitrogens is 1. The number of hydrogen-bond donors (Lipinski definition) is 1. The Morgan fingerprint density at radius 3 is 2.37 bits per heavy atom. The van der Waals surface area contributed by atoms with Gasteiger partial charge >= 0.3 is 6.18 Å². The number of nitrogens with zero attached hydrogens (tertiary/aromatic N) is 1. The highest BCUT2D eigenvalue weighted by molar-refractivity contribution is 5.88. The Morgan fingerprint density at radius 1 is 1.04 bits per heavy atom. The lowest BCUT2D eigenvalue weighted by Gasteiger charge is -2.12. The number of alkyl halides is 3. The van der Waals surface area contributed by atoms with Gasteiger partial charge in [0, 0.05) is 23.0 Å². The maximum Gasteiger partial charge on any atom is 0.417 e. The molecule has 0 saturated carbocycles. The Morgan fingerprint density at radius 2 is 1.74 bits per heavy atom. The van der Waals surface area contributed by atoms with Gasteiger partial charge in [0.25, 0.3) is 5.56 Å². The van der Waals surface area contributed by atoms with Crippen molar-refractivity contribution in [2.45, 2.75) is 6.18 Å². The van der Waals surface area contributed by atoms with Crippen LogP contribution >= 0.6 is 0 Å². The van der Waals surface area contributed by atoms with Gasteiger partial charge in [0.15, 0.2) is 0 Å². The van der Waals surface area contributed by atoms with Gasteiger partial charge in [-0.05, 0) is 62.1 Å². The van der Waals surface area contributed by atoms with Crippen molar-refractivity contribution in [3.63, 3.8) is 0 Å². The first-order valence-electron chi connectivity index (χ1n) is 8.37. The maximum absolute atomic E-state index is 13.3. The molecule has 0 aliphatic heterocycles. The molecule has 4 nitrogen and oxygen atoms in total. The first-order chi connectivity index (χ1) is 12.8. The highest BCUT2D eigenvalue weighted by Crippen LogP contribution is 2.35. The van der Waals surface area contributed by atoms with E-state index in [-0.39, 0.29) is 10.8 Å². The van der Waals surface area contributed by atoms with Crippen LogP contribution in [-0.2, 0) is 6.18 Å². The molecule has 0 aliphatic carbocycles. The van der Waals surface area contributed by atoms with E-state index in [9.17, 15) is 18.0 Å². The Kier molecular flexibility index (Phi) is 5.23. The number of halogens is 3. The van der Waals surface area contributed by atoms with Gasteiger partial charge in [-0.2, -0.15) is 13.2 Å². The number of rotatable bonds is 5. The van der Waals surface area contributed by atoms with Crippen LogP contribution in [0.1, 0.15) is 5.56 Å². The Balaban J connectivity index is 1.96. The second-order valence-electron chi connectivity index (χ2n) is 6.45. The molecule has 0 fully saturated rings. The molecule has 2 aromatic carbocycles. The normalized spacial score (nSPS) is 11.9. The third-order valence-corrected chi connectivity index (χ3v) is 4.17. The molecular weight excluding hydrogens is 357 g/mol. The summed E-state index contributed by atoms with van der Waals surface area (Å²) in [4.78, 5) is 16.9. The number of fused-ring (bicyclic) bond motifs is 1. The third-order valence-electron chi connectivity index (χ3n) is 4.17. The fourth-order valence-electron chi connectivity index (χ4n) is 2.77. The van der Waals surface area contributed by atoms with Crippen molar-refractivity contribution in [1.82, 2.24) is 9.88 Å². The average Bonchev–Trinajstić information content (AvgIpc) is 2.60. The van der Waals surface area contributed by atoms with E-state index in [4.69, 9.17) is 4.74 Å². The SMILES string of the molecule is CN(C)CCOc1ccc(-c2cc3c(C(F)(F)F)cccc3c(=O)[nH]2)cc1. The van der Waals surface area contributed by atoms with Gasteiger partial charge < -0.3 is 14.6 Å². The van der Waals surface area contributed by atoms with Crippen molar-refractivity contribution >= 4 is 10.8 Å². The average molecular weight is 376 g/mol. The van der Waals surface area contributed by atoms with Gasteiger partial charge in [-0.25, -0.2) is 0 Å². The fraction of sp³-hybridized carbons (Fsp3) is 0.250. The van der Waals surface area contributed by atoms with Crippen molar-refractivity contribution < 1.29 is 17.9 Å². The lowest BCUT2D eigenvalue weighted by molar-refractivity contribution is -0.136. The first-order valence-corrected chi connectivity index (χ1v) is 8.37. The van der Waals surface area contributed by atoms with Crippen LogP contribution in [0.2, 0.25) is 0 Å². The van der Waals surface area contributed by atoms with Crippen molar-refractivity contribution in [2.24, 2.45) is 0 Å². The summed E-state index contributed by atoms with van der Waals surface area (Å²) in [5, 5.41) is -0.104. The first kappa shape index (κ1) is 19.0. The molecule has 3 rings (SSSR count). The van der Waals surface area contributed by atoms with E-state index in [0.717, 1.165) is 12.6 Å². The molecule has 1 heterocycles. The zero-order chi connectivity index (χ0) is 19.6. The van der Waals surface area contributed by atoms with Crippen molar-refractivity contribution in [3.05, 3.63) is 64.4 Å². The highest BCUT2D eigenvalue weighted by Gasteiger charge is 2.32. The summed E-state index contributed by atoms with van der Waals surface area (Å²) in [6.45, 7) is 1.29. The van der Waals surface area contributed by atoms with E-state index in [1.165, 1.54) is 18.2 Å². The second-order valence-corrected chi connectivity index (χ2v) is 6.45. The van der Waals surface area contributed by atoms with E-state index in [1.54, 1.807) is 24.3 Å². The standard InChI is InChI=1S/C20H19F3N2O2/c1-25(2)10-11-27-14-8-6-13(7-9-14)18-12-16-15(19(26)24-18)4-3-5-17(16)20(21,22)23/h3-9,12H,10-11H2,1-2H3,(H,24,26). The molecule has 0 radical (unpaired) electrons. The molecule has 1 aromatic heterocycles. The minimum Gasteiger partial charge on any atom is -0.492 e. The smallest absolute Gasteiger partial charge is 0.417 e. The molecule has 142 valence electrons. The van der Waals surface area contributed by atoms with Crippen molar-refractivity contribution in [2.75, 3.05) is 27.2 Å². The molecule has 0 aliphatic rings. The third kappa shape index (κ3) is 4.31. The van der Waals surface area contributed by atoms with Crippen LogP contribution in [0.3, 0.4) is 0 Å². The van der Waals surface area contributed by atoms with E-state index < -0.39 is 17.3 Å². The highest BCUT2D eigenvalue weighted by atomic mass is 19.4. The molecule has 1 N–H and O–H groups in total. The second kappa shape index (κ2) is 7.44. The minimum absolute atomic E-state index is 0.0113. The zero-order valence-corrected chi connectivity index (χ0v) is 14.9. The number of aromatic nitrogens is 1. The van der Waals surface area contributed by atoms with Crippen LogP contribution in [0.15, 0.2) is 53.3 Å². The maximum atomic E-state index is 13.3. The molecule has 0 saturated heterocycles. The summed E-state index contributed by atoms with van der Waals surface area (Å²) in [7, 11) is 3.88. The number of hydrogen-bond acceptors (Lipinski definition) is 3. The number of aromatic amines is 1. The van der Waals surface area contributed by atoms with Crippen LogP contribution in [0.25, 0.3) is 22.0 Å². The Hall–Kier alpha value is -2.80. The van der Waals surface area contributed by atoms with E-state index in [2.05, 4.69) is 4.98 Å². The van der Waals surface area contributed by atoms with Gasteiger partial charge in [-0.1, -0.05) is 6.07 Å². The van der Waals surface area contributed by atoms with Gasteiger partial charge in [-0.3, -0.25) is 4.79 Å². The van der Waals surface area contributed by atoms with Gasteiger partial charge in [0.2, 0.25) is 0 Å². The molecule has 0 atom stereocenters. The molecule has 0 spiro atoms. The lowest BCUT2D eigenvalue weighted by atomic mass is 10.0. The zero-order valence-electron chi connectivity index (χ0n) is 14.9. The molecule has 27 heavy (non-hydrogen) atoms. The summed E-state index contributed by atoms with van der Waals surface area (Å²) in [6.07, 6.45) is -4.53. The number of pyridine rings is 1. The molecular formula is C20H19F3N2O2. The summed E-state index contributed by atoms with van der Waals surface area (Å²) in [5.74, 6) is 0.653. The number of ether oxygens (including phenoxy) is 1. The van der Waals surface area contributed by atoms with E-state index in [1.807, 2.05) is 19.0 Å². The van der Waals surface area contributed by atoms with Crippen LogP contribution in [0, 0.1) is 0 Å². The molecule has 0 unspecified atom stereocenters. The van der Waals surface area contributed by atoms with Gasteiger partial charge in [0.1, 0.15) is 12.4 Å². The van der Waals surface area contributed by atoms with Gasteiger partial charge in [0.05, 0.1) is 5.56 Å². The van der Waals surface area contributed by atoms with E-state index >= 15 is 0 Å². The monoisotopic (exact) mass is 376 g/mol. The summed E-state index contributed by atoms with van der Waals surface area (Å²) < 4.78 is 45.4. The summed E-state index contributed by atoms with van der Waals surface area (Å²) >= 11 is 0. The van der Waals surface area contributed by atoms with Crippen LogP contribution in [-0.4, -0.2) is 37.1 Å². The van der Waals surface area contributed by atoms with Crippen LogP contribution in [0.5, 0.6) is 5.75 Å². The summed E-state index contributed by atoms with van der Waals surface area (Å²) in [5.41, 5.74) is -0.453. The van der Waals surface area contributed by atoms with Crippen LogP contribution < -0.4 is 10.3 Å². The topological polar surface area (TPSA) is 45.3 Å². The number of likely N-dealkylation sites (N-methyl/N-ethyl adjacent to an activating group) is 1.